The highest BCUT2D eigenvalue weighted by Crippen LogP contribution is 2.21. The standard InChI is InChI=1S/C8H11N3O3S2/c1-5-10-11-8(16-5)15-4-6(12)9-3-7(13)14-2/h3-4H2,1-2H3,(H,9,12). The van der Waals surface area contributed by atoms with Crippen molar-refractivity contribution >= 4 is 35.0 Å². The molecule has 0 aliphatic heterocycles. The van der Waals surface area contributed by atoms with Crippen LogP contribution in [0.3, 0.4) is 0 Å². The van der Waals surface area contributed by atoms with Gasteiger partial charge in [0.2, 0.25) is 5.91 Å². The van der Waals surface area contributed by atoms with Gasteiger partial charge in [0.25, 0.3) is 0 Å². The molecule has 0 aromatic carbocycles. The molecule has 0 bridgehead atoms. The molecule has 0 unspecified atom stereocenters. The van der Waals surface area contributed by atoms with Crippen molar-refractivity contribution < 1.29 is 14.3 Å². The zero-order valence-electron chi connectivity index (χ0n) is 8.85. The topological polar surface area (TPSA) is 81.2 Å². The Kier molecular flexibility index (Phi) is 5.20. The van der Waals surface area contributed by atoms with E-state index in [4.69, 9.17) is 0 Å². The van der Waals surface area contributed by atoms with Crippen LogP contribution in [0.15, 0.2) is 4.34 Å². The molecule has 1 N–H and O–H groups in total. The van der Waals surface area contributed by atoms with Gasteiger partial charge in [-0.1, -0.05) is 23.1 Å². The van der Waals surface area contributed by atoms with Crippen molar-refractivity contribution in [2.24, 2.45) is 0 Å². The lowest BCUT2D eigenvalue weighted by Crippen LogP contribution is -2.31. The first kappa shape index (κ1) is 12.9. The van der Waals surface area contributed by atoms with Gasteiger partial charge < -0.3 is 10.1 Å². The second-order valence-electron chi connectivity index (χ2n) is 2.73. The maximum atomic E-state index is 11.3. The second-order valence-corrected chi connectivity index (χ2v) is 5.13. The predicted octanol–water partition coefficient (Wildman–Crippen LogP) is 0.228. The summed E-state index contributed by atoms with van der Waals surface area (Å²) in [6.45, 7) is 1.74. The Morgan fingerprint density at radius 2 is 2.25 bits per heavy atom. The first-order chi connectivity index (χ1) is 7.61. The van der Waals surface area contributed by atoms with Gasteiger partial charge in [-0.3, -0.25) is 9.59 Å². The van der Waals surface area contributed by atoms with Crippen LogP contribution in [0.1, 0.15) is 5.01 Å². The number of ether oxygens (including phenoxy) is 1. The number of nitrogens with one attached hydrogen (secondary N) is 1. The van der Waals surface area contributed by atoms with Crippen molar-refractivity contribution in [3.63, 3.8) is 0 Å². The molecule has 0 aliphatic carbocycles. The molecular formula is C8H11N3O3S2. The van der Waals surface area contributed by atoms with E-state index >= 15 is 0 Å². The third-order valence-electron chi connectivity index (χ3n) is 1.49. The van der Waals surface area contributed by atoms with E-state index in [0.29, 0.717) is 0 Å². The van der Waals surface area contributed by atoms with Crippen LogP contribution < -0.4 is 5.32 Å². The van der Waals surface area contributed by atoms with Crippen LogP contribution in [-0.4, -0.2) is 41.5 Å². The van der Waals surface area contributed by atoms with Crippen LogP contribution in [0.4, 0.5) is 0 Å². The zero-order valence-corrected chi connectivity index (χ0v) is 10.5. The number of hydrogen-bond acceptors (Lipinski definition) is 7. The monoisotopic (exact) mass is 261 g/mol. The van der Waals surface area contributed by atoms with Crippen molar-refractivity contribution in [1.82, 2.24) is 15.5 Å². The van der Waals surface area contributed by atoms with Gasteiger partial charge in [0.1, 0.15) is 11.6 Å². The third kappa shape index (κ3) is 4.58. The summed E-state index contributed by atoms with van der Waals surface area (Å²) in [6, 6.07) is 0. The first-order valence-corrected chi connectivity index (χ1v) is 6.18. The van der Waals surface area contributed by atoms with E-state index in [1.165, 1.54) is 30.2 Å². The number of amides is 1. The summed E-state index contributed by atoms with van der Waals surface area (Å²) in [5.74, 6) is -0.487. The normalized spacial score (nSPS) is 9.88. The number of esters is 1. The Balaban J connectivity index is 2.22. The Bertz CT molecular complexity index is 380. The summed E-state index contributed by atoms with van der Waals surface area (Å²) in [4.78, 5) is 22.0. The molecule has 8 heteroatoms. The minimum Gasteiger partial charge on any atom is -0.468 e. The molecule has 6 nitrogen and oxygen atoms in total. The molecule has 1 aromatic heterocycles. The largest absolute Gasteiger partial charge is 0.468 e. The number of thioether (sulfide) groups is 1. The Labute approximate surface area is 101 Å². The highest BCUT2D eigenvalue weighted by atomic mass is 32.2. The number of hydrogen-bond donors (Lipinski definition) is 1. The fourth-order valence-electron chi connectivity index (χ4n) is 0.758. The number of nitrogens with zero attached hydrogens (tertiary/aromatic N) is 2. The van der Waals surface area contributed by atoms with E-state index in [-0.39, 0.29) is 18.2 Å². The fraction of sp³-hybridized carbons (Fsp3) is 0.500. The molecule has 0 atom stereocenters. The molecule has 1 aromatic rings. The van der Waals surface area contributed by atoms with Crippen LogP contribution in [-0.2, 0) is 14.3 Å². The number of carbonyl (C=O) groups excluding carboxylic acids is 2. The van der Waals surface area contributed by atoms with Gasteiger partial charge in [0, 0.05) is 0 Å². The van der Waals surface area contributed by atoms with Crippen LogP contribution in [0, 0.1) is 6.92 Å². The molecule has 0 spiro atoms. The zero-order chi connectivity index (χ0) is 12.0. The van der Waals surface area contributed by atoms with Crippen LogP contribution >= 0.6 is 23.1 Å². The van der Waals surface area contributed by atoms with Crippen LogP contribution in [0.25, 0.3) is 0 Å². The van der Waals surface area contributed by atoms with Crippen molar-refractivity contribution in [3.05, 3.63) is 5.01 Å². The number of carbonyl (C=O) groups is 2. The van der Waals surface area contributed by atoms with Gasteiger partial charge in [-0.2, -0.15) is 0 Å². The van der Waals surface area contributed by atoms with E-state index in [1.54, 1.807) is 0 Å². The fourth-order valence-corrected chi connectivity index (χ4v) is 2.40. The second kappa shape index (κ2) is 6.44. The van der Waals surface area contributed by atoms with Gasteiger partial charge in [0.05, 0.1) is 12.9 Å². The molecule has 1 rings (SSSR count). The summed E-state index contributed by atoms with van der Waals surface area (Å²) in [5.41, 5.74) is 0. The summed E-state index contributed by atoms with van der Waals surface area (Å²) >= 11 is 2.72. The molecule has 0 fully saturated rings. The van der Waals surface area contributed by atoms with E-state index in [9.17, 15) is 9.59 Å². The summed E-state index contributed by atoms with van der Waals surface area (Å²) in [5, 5.41) is 11.0. The maximum Gasteiger partial charge on any atom is 0.325 e. The van der Waals surface area contributed by atoms with Crippen molar-refractivity contribution in [1.29, 1.82) is 0 Å². The number of aryl methyl sites for hydroxylation is 1. The Morgan fingerprint density at radius 3 is 2.81 bits per heavy atom. The molecule has 1 heterocycles. The molecule has 1 amide bonds. The number of rotatable bonds is 5. The molecule has 0 aliphatic rings. The minimum absolute atomic E-state index is 0.106. The van der Waals surface area contributed by atoms with Gasteiger partial charge in [-0.15, -0.1) is 10.2 Å². The highest BCUT2D eigenvalue weighted by Gasteiger charge is 2.08. The first-order valence-electron chi connectivity index (χ1n) is 4.38. The van der Waals surface area contributed by atoms with Gasteiger partial charge in [-0.05, 0) is 6.92 Å². The van der Waals surface area contributed by atoms with Crippen molar-refractivity contribution in [2.75, 3.05) is 19.4 Å². The van der Waals surface area contributed by atoms with Crippen LogP contribution in [0.2, 0.25) is 0 Å². The summed E-state index contributed by atoms with van der Waals surface area (Å²) in [6.07, 6.45) is 0. The Morgan fingerprint density at radius 1 is 1.50 bits per heavy atom. The lowest BCUT2D eigenvalue weighted by Gasteiger charge is -2.01. The van der Waals surface area contributed by atoms with Gasteiger partial charge >= 0.3 is 5.97 Å². The minimum atomic E-state index is -0.467. The predicted molar refractivity (Wildman–Crippen MR) is 60.4 cm³/mol. The van der Waals surface area contributed by atoms with Crippen LogP contribution in [0.5, 0.6) is 0 Å². The van der Waals surface area contributed by atoms with E-state index in [0.717, 1.165) is 9.35 Å². The average Bonchev–Trinajstić information content (AvgIpc) is 2.69. The van der Waals surface area contributed by atoms with E-state index in [2.05, 4.69) is 20.3 Å². The van der Waals surface area contributed by atoms with E-state index in [1.807, 2.05) is 6.92 Å². The molecule has 0 saturated heterocycles. The number of methoxy groups -OCH3 is 1. The highest BCUT2D eigenvalue weighted by molar-refractivity contribution is 8.01. The van der Waals surface area contributed by atoms with Crippen molar-refractivity contribution in [2.45, 2.75) is 11.3 Å². The summed E-state index contributed by atoms with van der Waals surface area (Å²) < 4.78 is 5.13. The average molecular weight is 261 g/mol. The SMILES string of the molecule is COC(=O)CNC(=O)CSc1nnc(C)s1. The molecule has 88 valence electrons. The quantitative estimate of drug-likeness (QED) is 0.603. The molecule has 0 saturated carbocycles. The van der Waals surface area contributed by atoms with Gasteiger partial charge in [0.15, 0.2) is 4.34 Å². The molecule has 16 heavy (non-hydrogen) atoms. The lowest BCUT2D eigenvalue weighted by atomic mass is 10.6. The molecule has 0 radical (unpaired) electrons. The maximum absolute atomic E-state index is 11.3. The third-order valence-corrected chi connectivity index (χ3v) is 3.46. The van der Waals surface area contributed by atoms with Gasteiger partial charge in [-0.25, -0.2) is 0 Å². The molecular weight excluding hydrogens is 250 g/mol. The van der Waals surface area contributed by atoms with Crippen molar-refractivity contribution in [3.8, 4) is 0 Å². The van der Waals surface area contributed by atoms with E-state index < -0.39 is 5.97 Å². The number of aromatic nitrogens is 2. The smallest absolute Gasteiger partial charge is 0.325 e. The lowest BCUT2D eigenvalue weighted by molar-refractivity contribution is -0.140. The Hall–Kier alpha value is -1.15. The summed E-state index contributed by atoms with van der Waals surface area (Å²) in [7, 11) is 1.27.